The van der Waals surface area contributed by atoms with E-state index in [9.17, 15) is 16.8 Å². The predicted octanol–water partition coefficient (Wildman–Crippen LogP) is 1.33. The van der Waals surface area contributed by atoms with Crippen molar-refractivity contribution < 1.29 is 16.8 Å². The lowest BCUT2D eigenvalue weighted by Gasteiger charge is -2.08. The van der Waals surface area contributed by atoms with Crippen LogP contribution >= 0.6 is 0 Å². The van der Waals surface area contributed by atoms with Crippen molar-refractivity contribution in [2.45, 2.75) is 17.1 Å². The molecule has 3 N–H and O–H groups in total. The molecule has 0 aliphatic heterocycles. The number of nitrogens with one attached hydrogen (secondary N) is 1. The molecule has 0 aliphatic rings. The van der Waals surface area contributed by atoms with Crippen LogP contribution in [-0.4, -0.2) is 29.6 Å². The highest BCUT2D eigenvalue weighted by Crippen LogP contribution is 2.13. The summed E-state index contributed by atoms with van der Waals surface area (Å²) in [5.41, 5.74) is 7.80. The zero-order valence-corrected chi connectivity index (χ0v) is 14.9. The SMILES string of the molecule is CS(=O)(=O)Cc1ccc(S(=O)(=O)NCCc2ccc(N)cc2)cc1. The average Bonchev–Trinajstić information content (AvgIpc) is 2.48. The van der Waals surface area contributed by atoms with Crippen LogP contribution in [0.15, 0.2) is 53.4 Å². The van der Waals surface area contributed by atoms with Gasteiger partial charge in [0.2, 0.25) is 10.0 Å². The maximum Gasteiger partial charge on any atom is 0.240 e. The Kier molecular flexibility index (Phi) is 5.63. The Bertz CT molecular complexity index is 888. The van der Waals surface area contributed by atoms with Crippen LogP contribution < -0.4 is 10.5 Å². The standard InChI is InChI=1S/C16H20N2O4S2/c1-23(19,20)12-14-4-8-16(9-5-14)24(21,22)18-11-10-13-2-6-15(17)7-3-13/h2-9,18H,10-12,17H2,1H3. The topological polar surface area (TPSA) is 106 Å². The Morgan fingerprint density at radius 3 is 1.96 bits per heavy atom. The van der Waals surface area contributed by atoms with Gasteiger partial charge in [0.25, 0.3) is 0 Å². The summed E-state index contributed by atoms with van der Waals surface area (Å²) in [5, 5.41) is 0. The second-order valence-corrected chi connectivity index (χ2v) is 9.51. The van der Waals surface area contributed by atoms with Crippen LogP contribution in [0.4, 0.5) is 5.69 Å². The minimum absolute atomic E-state index is 0.108. The Morgan fingerprint density at radius 2 is 1.42 bits per heavy atom. The average molecular weight is 368 g/mol. The molecule has 6 nitrogen and oxygen atoms in total. The number of rotatable bonds is 7. The molecule has 0 aromatic heterocycles. The zero-order chi connectivity index (χ0) is 17.8. The molecule has 8 heteroatoms. The van der Waals surface area contributed by atoms with Crippen molar-refractivity contribution in [3.8, 4) is 0 Å². The summed E-state index contributed by atoms with van der Waals surface area (Å²) in [4.78, 5) is 0.108. The molecule has 0 atom stereocenters. The molecule has 0 fully saturated rings. The Labute approximate surface area is 142 Å². The zero-order valence-electron chi connectivity index (χ0n) is 13.3. The largest absolute Gasteiger partial charge is 0.399 e. The van der Waals surface area contributed by atoms with Gasteiger partial charge in [0, 0.05) is 18.5 Å². The number of nitrogens with two attached hydrogens (primary N) is 1. The monoisotopic (exact) mass is 368 g/mol. The number of sulfone groups is 1. The van der Waals surface area contributed by atoms with Gasteiger partial charge < -0.3 is 5.73 Å². The molecule has 0 saturated heterocycles. The quantitative estimate of drug-likeness (QED) is 0.717. The van der Waals surface area contributed by atoms with Crippen molar-refractivity contribution in [3.63, 3.8) is 0 Å². The first kappa shape index (κ1) is 18.4. The predicted molar refractivity (Wildman–Crippen MR) is 94.7 cm³/mol. The molecule has 2 aromatic carbocycles. The van der Waals surface area contributed by atoms with Crippen LogP contribution in [0.2, 0.25) is 0 Å². The molecule has 0 unspecified atom stereocenters. The summed E-state index contributed by atoms with van der Waals surface area (Å²) in [6.07, 6.45) is 1.68. The van der Waals surface area contributed by atoms with Gasteiger partial charge in [-0.1, -0.05) is 24.3 Å². The summed E-state index contributed by atoms with van der Waals surface area (Å²) in [6, 6.07) is 13.1. The molecular weight excluding hydrogens is 348 g/mol. The molecule has 24 heavy (non-hydrogen) atoms. The molecule has 0 spiro atoms. The van der Waals surface area contributed by atoms with Gasteiger partial charge in [-0.3, -0.25) is 0 Å². The molecule has 130 valence electrons. The lowest BCUT2D eigenvalue weighted by Crippen LogP contribution is -2.26. The molecule has 2 aromatic rings. The van der Waals surface area contributed by atoms with Crippen molar-refractivity contribution in [3.05, 3.63) is 59.7 Å². The summed E-state index contributed by atoms with van der Waals surface area (Å²) in [7, 11) is -6.77. The summed E-state index contributed by atoms with van der Waals surface area (Å²) in [6.45, 7) is 0.261. The molecule has 2 rings (SSSR count). The van der Waals surface area contributed by atoms with Crippen LogP contribution in [0.5, 0.6) is 0 Å². The molecule has 0 radical (unpaired) electrons. The lowest BCUT2D eigenvalue weighted by molar-refractivity contribution is 0.581. The first-order valence-corrected chi connectivity index (χ1v) is 10.8. The van der Waals surface area contributed by atoms with Crippen LogP contribution in [0.25, 0.3) is 0 Å². The Hall–Kier alpha value is -1.90. The fraction of sp³-hybridized carbons (Fsp3) is 0.250. The molecule has 0 amide bonds. The fourth-order valence-corrected chi connectivity index (χ4v) is 3.99. The van der Waals surface area contributed by atoms with E-state index in [1.54, 1.807) is 12.1 Å². The number of hydrogen-bond donors (Lipinski definition) is 2. The first-order valence-electron chi connectivity index (χ1n) is 7.26. The summed E-state index contributed by atoms with van der Waals surface area (Å²) < 4.78 is 49.5. The van der Waals surface area contributed by atoms with E-state index in [0.29, 0.717) is 17.7 Å². The molecule has 0 heterocycles. The van der Waals surface area contributed by atoms with Gasteiger partial charge in [-0.15, -0.1) is 0 Å². The van der Waals surface area contributed by atoms with Gasteiger partial charge in [-0.2, -0.15) is 0 Å². The van der Waals surface area contributed by atoms with Crippen LogP contribution in [0.3, 0.4) is 0 Å². The van der Waals surface area contributed by atoms with E-state index in [0.717, 1.165) is 11.8 Å². The van der Waals surface area contributed by atoms with E-state index >= 15 is 0 Å². The van der Waals surface area contributed by atoms with E-state index in [1.807, 2.05) is 12.1 Å². The number of nitrogen functional groups attached to an aromatic ring is 1. The Balaban J connectivity index is 1.98. The molecule has 0 saturated carbocycles. The molecule has 0 aliphatic carbocycles. The number of benzene rings is 2. The second-order valence-electron chi connectivity index (χ2n) is 5.60. The summed E-state index contributed by atoms with van der Waals surface area (Å²) in [5.74, 6) is -0.113. The summed E-state index contributed by atoms with van der Waals surface area (Å²) >= 11 is 0. The lowest BCUT2D eigenvalue weighted by atomic mass is 10.1. The van der Waals surface area contributed by atoms with Gasteiger partial charge in [-0.25, -0.2) is 21.6 Å². The second kappa shape index (κ2) is 7.33. The highest BCUT2D eigenvalue weighted by atomic mass is 32.2. The van der Waals surface area contributed by atoms with Gasteiger partial charge in [0.05, 0.1) is 10.6 Å². The number of hydrogen-bond acceptors (Lipinski definition) is 5. The minimum atomic E-state index is -3.62. The van der Waals surface area contributed by atoms with Crippen LogP contribution in [0, 0.1) is 0 Å². The van der Waals surface area contributed by atoms with E-state index < -0.39 is 19.9 Å². The van der Waals surface area contributed by atoms with Gasteiger partial charge in [-0.05, 0) is 41.8 Å². The van der Waals surface area contributed by atoms with Crippen LogP contribution in [0.1, 0.15) is 11.1 Å². The van der Waals surface area contributed by atoms with E-state index in [1.165, 1.54) is 24.3 Å². The normalized spacial score (nSPS) is 12.2. The van der Waals surface area contributed by atoms with Crippen molar-refractivity contribution in [1.29, 1.82) is 0 Å². The number of anilines is 1. The van der Waals surface area contributed by atoms with Crippen molar-refractivity contribution in [2.75, 3.05) is 18.5 Å². The van der Waals surface area contributed by atoms with E-state index in [2.05, 4.69) is 4.72 Å². The third-order valence-electron chi connectivity index (χ3n) is 3.35. The minimum Gasteiger partial charge on any atom is -0.399 e. The number of sulfonamides is 1. The van der Waals surface area contributed by atoms with Crippen molar-refractivity contribution in [1.82, 2.24) is 4.72 Å². The Morgan fingerprint density at radius 1 is 0.875 bits per heavy atom. The smallest absolute Gasteiger partial charge is 0.240 e. The first-order chi connectivity index (χ1) is 11.2. The maximum atomic E-state index is 12.2. The molecular formula is C16H20N2O4S2. The highest BCUT2D eigenvalue weighted by molar-refractivity contribution is 7.90. The van der Waals surface area contributed by atoms with Crippen molar-refractivity contribution >= 4 is 25.5 Å². The van der Waals surface area contributed by atoms with E-state index in [-0.39, 0.29) is 17.2 Å². The maximum absolute atomic E-state index is 12.2. The fourth-order valence-electron chi connectivity index (χ4n) is 2.16. The third kappa shape index (κ3) is 5.63. The van der Waals surface area contributed by atoms with Gasteiger partial charge in [0.1, 0.15) is 0 Å². The molecule has 0 bridgehead atoms. The van der Waals surface area contributed by atoms with E-state index in [4.69, 9.17) is 5.73 Å². The van der Waals surface area contributed by atoms with Crippen molar-refractivity contribution in [2.24, 2.45) is 0 Å². The van der Waals surface area contributed by atoms with Gasteiger partial charge in [0.15, 0.2) is 9.84 Å². The van der Waals surface area contributed by atoms with Crippen LogP contribution in [-0.2, 0) is 32.0 Å². The highest BCUT2D eigenvalue weighted by Gasteiger charge is 2.14. The van der Waals surface area contributed by atoms with Gasteiger partial charge >= 0.3 is 0 Å². The third-order valence-corrected chi connectivity index (χ3v) is 5.68.